The molecule has 1 heterocycles. The van der Waals surface area contributed by atoms with Crippen molar-refractivity contribution in [3.8, 4) is 0 Å². The minimum Gasteiger partial charge on any atom is -0.373 e. The molecule has 0 radical (unpaired) electrons. The van der Waals surface area contributed by atoms with Gasteiger partial charge in [-0.2, -0.15) is 0 Å². The normalized spacial score (nSPS) is 23.4. The van der Waals surface area contributed by atoms with Crippen LogP contribution in [0.5, 0.6) is 0 Å². The van der Waals surface area contributed by atoms with Crippen molar-refractivity contribution in [1.29, 1.82) is 0 Å². The SMILES string of the molecule is CNc1cc(NCC2C(C)(C)C2(C)C)nc(C2CC2)n1. The van der Waals surface area contributed by atoms with Gasteiger partial charge >= 0.3 is 0 Å². The number of rotatable bonds is 5. The van der Waals surface area contributed by atoms with Crippen molar-refractivity contribution in [3.63, 3.8) is 0 Å². The van der Waals surface area contributed by atoms with E-state index in [0.29, 0.717) is 22.7 Å². The summed E-state index contributed by atoms with van der Waals surface area (Å²) in [4.78, 5) is 9.23. The molecule has 4 nitrogen and oxygen atoms in total. The Morgan fingerprint density at radius 3 is 2.20 bits per heavy atom. The monoisotopic (exact) mass is 274 g/mol. The van der Waals surface area contributed by atoms with Crippen LogP contribution in [0.2, 0.25) is 0 Å². The number of nitrogens with zero attached hydrogens (tertiary/aromatic N) is 2. The van der Waals surface area contributed by atoms with E-state index in [4.69, 9.17) is 0 Å². The molecule has 110 valence electrons. The van der Waals surface area contributed by atoms with Gasteiger partial charge in [0.05, 0.1) is 0 Å². The van der Waals surface area contributed by atoms with Gasteiger partial charge in [0, 0.05) is 25.6 Å². The first-order chi connectivity index (χ1) is 9.36. The molecule has 2 aliphatic rings. The summed E-state index contributed by atoms with van der Waals surface area (Å²) in [5.41, 5.74) is 0.830. The summed E-state index contributed by atoms with van der Waals surface area (Å²) in [5, 5.41) is 6.66. The van der Waals surface area contributed by atoms with Gasteiger partial charge in [-0.05, 0) is 29.6 Å². The fraction of sp³-hybridized carbons (Fsp3) is 0.750. The van der Waals surface area contributed by atoms with E-state index in [-0.39, 0.29) is 0 Å². The number of aromatic nitrogens is 2. The Labute approximate surface area is 121 Å². The Bertz CT molecular complexity index is 503. The van der Waals surface area contributed by atoms with E-state index >= 15 is 0 Å². The molecule has 2 N–H and O–H groups in total. The summed E-state index contributed by atoms with van der Waals surface area (Å²) in [7, 11) is 1.91. The van der Waals surface area contributed by atoms with Crippen LogP contribution < -0.4 is 10.6 Å². The van der Waals surface area contributed by atoms with Gasteiger partial charge in [-0.15, -0.1) is 0 Å². The molecule has 0 aliphatic heterocycles. The molecular weight excluding hydrogens is 248 g/mol. The third-order valence-corrected chi connectivity index (χ3v) is 5.75. The number of hydrogen-bond acceptors (Lipinski definition) is 4. The second kappa shape index (κ2) is 4.34. The summed E-state index contributed by atoms with van der Waals surface area (Å²) in [6.07, 6.45) is 2.46. The Balaban J connectivity index is 1.70. The average Bonchev–Trinajstić information content (AvgIpc) is 3.27. The second-order valence-electron chi connectivity index (χ2n) is 7.40. The highest BCUT2D eigenvalue weighted by Gasteiger charge is 2.64. The minimum absolute atomic E-state index is 0.415. The van der Waals surface area contributed by atoms with Gasteiger partial charge in [0.1, 0.15) is 17.5 Å². The van der Waals surface area contributed by atoms with Gasteiger partial charge in [0.15, 0.2) is 0 Å². The molecule has 2 fully saturated rings. The molecular formula is C16H26N4. The van der Waals surface area contributed by atoms with Crippen LogP contribution in [-0.2, 0) is 0 Å². The van der Waals surface area contributed by atoms with Gasteiger partial charge in [0.2, 0.25) is 0 Å². The highest BCUT2D eigenvalue weighted by molar-refractivity contribution is 5.48. The topological polar surface area (TPSA) is 49.8 Å². The zero-order valence-electron chi connectivity index (χ0n) is 13.2. The van der Waals surface area contributed by atoms with E-state index in [1.807, 2.05) is 13.1 Å². The summed E-state index contributed by atoms with van der Waals surface area (Å²) < 4.78 is 0. The first kappa shape index (κ1) is 13.7. The van der Waals surface area contributed by atoms with Crippen molar-refractivity contribution in [2.75, 3.05) is 24.2 Å². The average molecular weight is 274 g/mol. The Morgan fingerprint density at radius 1 is 1.10 bits per heavy atom. The minimum atomic E-state index is 0.415. The summed E-state index contributed by atoms with van der Waals surface area (Å²) in [5.74, 6) is 4.15. The van der Waals surface area contributed by atoms with Crippen LogP contribution in [-0.4, -0.2) is 23.6 Å². The van der Waals surface area contributed by atoms with Crippen molar-refractivity contribution >= 4 is 11.6 Å². The van der Waals surface area contributed by atoms with Crippen LogP contribution >= 0.6 is 0 Å². The molecule has 0 saturated heterocycles. The van der Waals surface area contributed by atoms with Crippen molar-refractivity contribution in [1.82, 2.24) is 9.97 Å². The molecule has 1 aromatic rings. The zero-order valence-corrected chi connectivity index (χ0v) is 13.2. The van der Waals surface area contributed by atoms with E-state index in [9.17, 15) is 0 Å². The maximum Gasteiger partial charge on any atom is 0.136 e. The lowest BCUT2D eigenvalue weighted by Crippen LogP contribution is -2.11. The van der Waals surface area contributed by atoms with Crippen LogP contribution in [0.15, 0.2) is 6.07 Å². The van der Waals surface area contributed by atoms with Crippen LogP contribution in [0.3, 0.4) is 0 Å². The molecule has 3 rings (SSSR count). The Kier molecular flexibility index (Phi) is 2.96. The molecule has 20 heavy (non-hydrogen) atoms. The highest BCUT2D eigenvalue weighted by Crippen LogP contribution is 2.68. The number of nitrogens with one attached hydrogen (secondary N) is 2. The van der Waals surface area contributed by atoms with E-state index in [2.05, 4.69) is 48.3 Å². The number of anilines is 2. The predicted molar refractivity (Wildman–Crippen MR) is 83.1 cm³/mol. The maximum atomic E-state index is 4.68. The summed E-state index contributed by atoms with van der Waals surface area (Å²) in [6, 6.07) is 2.01. The van der Waals surface area contributed by atoms with Gasteiger partial charge in [-0.1, -0.05) is 27.7 Å². The largest absolute Gasteiger partial charge is 0.373 e. The predicted octanol–water partition coefficient (Wildman–Crippen LogP) is 3.49. The molecule has 2 saturated carbocycles. The molecule has 0 spiro atoms. The fourth-order valence-corrected chi connectivity index (χ4v) is 3.26. The molecule has 2 aliphatic carbocycles. The standard InChI is InChI=1S/C16H26N4/c1-15(2)11(16(15,3)4)9-18-13-8-12(17-5)19-14(20-13)10-6-7-10/h8,10-11H,6-7,9H2,1-5H3,(H2,17,18,19,20). The number of hydrogen-bond donors (Lipinski definition) is 2. The Morgan fingerprint density at radius 2 is 1.70 bits per heavy atom. The third kappa shape index (κ3) is 2.15. The van der Waals surface area contributed by atoms with Gasteiger partial charge in [-0.3, -0.25) is 0 Å². The first-order valence-electron chi connectivity index (χ1n) is 7.67. The Hall–Kier alpha value is -1.32. The fourth-order valence-electron chi connectivity index (χ4n) is 3.26. The van der Waals surface area contributed by atoms with Gasteiger partial charge in [0.25, 0.3) is 0 Å². The molecule has 0 atom stereocenters. The first-order valence-corrected chi connectivity index (χ1v) is 7.67. The summed E-state index contributed by atoms with van der Waals surface area (Å²) >= 11 is 0. The molecule has 0 amide bonds. The van der Waals surface area contributed by atoms with Crippen molar-refractivity contribution in [2.45, 2.75) is 46.5 Å². The zero-order chi connectivity index (χ0) is 14.5. The molecule has 0 aromatic carbocycles. The van der Waals surface area contributed by atoms with Crippen LogP contribution in [0, 0.1) is 16.7 Å². The molecule has 0 unspecified atom stereocenters. The maximum absolute atomic E-state index is 4.68. The van der Waals surface area contributed by atoms with Crippen molar-refractivity contribution in [2.24, 2.45) is 16.7 Å². The smallest absolute Gasteiger partial charge is 0.136 e. The van der Waals surface area contributed by atoms with E-state index in [1.54, 1.807) is 0 Å². The molecule has 1 aromatic heterocycles. The third-order valence-electron chi connectivity index (χ3n) is 5.75. The van der Waals surface area contributed by atoms with E-state index in [1.165, 1.54) is 12.8 Å². The highest BCUT2D eigenvalue weighted by atomic mass is 15.1. The van der Waals surface area contributed by atoms with E-state index in [0.717, 1.165) is 24.0 Å². The second-order valence-corrected chi connectivity index (χ2v) is 7.40. The van der Waals surface area contributed by atoms with Gasteiger partial charge in [-0.25, -0.2) is 9.97 Å². The lowest BCUT2D eigenvalue weighted by Gasteiger charge is -2.10. The van der Waals surface area contributed by atoms with E-state index < -0.39 is 0 Å². The van der Waals surface area contributed by atoms with Gasteiger partial charge < -0.3 is 10.6 Å². The lowest BCUT2D eigenvalue weighted by molar-refractivity contribution is 0.457. The van der Waals surface area contributed by atoms with Crippen LogP contribution in [0.1, 0.15) is 52.3 Å². The van der Waals surface area contributed by atoms with Crippen molar-refractivity contribution < 1.29 is 0 Å². The molecule has 0 bridgehead atoms. The van der Waals surface area contributed by atoms with Crippen LogP contribution in [0.4, 0.5) is 11.6 Å². The lowest BCUT2D eigenvalue weighted by atomic mass is 10.0. The summed E-state index contributed by atoms with van der Waals surface area (Å²) in [6.45, 7) is 10.4. The van der Waals surface area contributed by atoms with Crippen LogP contribution in [0.25, 0.3) is 0 Å². The van der Waals surface area contributed by atoms with Crippen molar-refractivity contribution in [3.05, 3.63) is 11.9 Å². The quantitative estimate of drug-likeness (QED) is 0.863. The molecule has 4 heteroatoms.